The molecule has 1 N–H and O–H groups in total. The quantitative estimate of drug-likeness (QED) is 0.815. The number of amides is 2. The molecule has 1 fully saturated rings. The van der Waals surface area contributed by atoms with Crippen molar-refractivity contribution in [3.8, 4) is 0 Å². The second-order valence-electron chi connectivity index (χ2n) is 7.12. The summed E-state index contributed by atoms with van der Waals surface area (Å²) in [6.07, 6.45) is 1.68. The van der Waals surface area contributed by atoms with Gasteiger partial charge in [0, 0.05) is 58.7 Å². The van der Waals surface area contributed by atoms with Crippen molar-refractivity contribution >= 4 is 17.5 Å². The van der Waals surface area contributed by atoms with E-state index in [-0.39, 0.29) is 11.8 Å². The lowest BCUT2D eigenvalue weighted by Gasteiger charge is -2.36. The Kier molecular flexibility index (Phi) is 6.60. The van der Waals surface area contributed by atoms with Gasteiger partial charge in [0.15, 0.2) is 0 Å². The number of rotatable bonds is 6. The van der Waals surface area contributed by atoms with Crippen LogP contribution in [0, 0.1) is 0 Å². The number of pyridine rings is 1. The molecule has 1 aliphatic rings. The lowest BCUT2D eigenvalue weighted by atomic mass is 10.2. The van der Waals surface area contributed by atoms with Gasteiger partial charge in [0.2, 0.25) is 5.91 Å². The number of aromatic nitrogens is 1. The Morgan fingerprint density at radius 2 is 1.79 bits per heavy atom. The summed E-state index contributed by atoms with van der Waals surface area (Å²) < 4.78 is 0. The van der Waals surface area contributed by atoms with Gasteiger partial charge in [0.25, 0.3) is 5.91 Å². The summed E-state index contributed by atoms with van der Waals surface area (Å²) in [4.78, 5) is 34.5. The van der Waals surface area contributed by atoms with Gasteiger partial charge in [0.1, 0.15) is 5.69 Å². The lowest BCUT2D eigenvalue weighted by molar-refractivity contribution is -0.129. The minimum absolute atomic E-state index is 0.120. The molecule has 0 radical (unpaired) electrons. The zero-order valence-corrected chi connectivity index (χ0v) is 16.5. The highest BCUT2D eigenvalue weighted by atomic mass is 16.2. The number of likely N-dealkylation sites (N-methyl/N-ethyl adjacent to an activating group) is 1. The molecule has 1 aromatic carbocycles. The van der Waals surface area contributed by atoms with E-state index < -0.39 is 0 Å². The molecular formula is C21H27N5O2. The van der Waals surface area contributed by atoms with E-state index in [1.54, 1.807) is 25.2 Å². The van der Waals surface area contributed by atoms with E-state index in [0.29, 0.717) is 18.8 Å². The van der Waals surface area contributed by atoms with Crippen LogP contribution in [0.5, 0.6) is 0 Å². The van der Waals surface area contributed by atoms with Crippen molar-refractivity contribution in [3.05, 3.63) is 59.9 Å². The fourth-order valence-electron chi connectivity index (χ4n) is 3.11. The van der Waals surface area contributed by atoms with Crippen LogP contribution in [0.15, 0.2) is 48.7 Å². The van der Waals surface area contributed by atoms with Crippen LogP contribution < -0.4 is 10.2 Å². The number of benzene rings is 1. The minimum Gasteiger partial charge on any atom is -0.369 e. The molecule has 1 aliphatic heterocycles. The molecule has 0 saturated carbocycles. The maximum absolute atomic E-state index is 12.4. The molecule has 0 aliphatic carbocycles. The van der Waals surface area contributed by atoms with E-state index in [1.165, 1.54) is 0 Å². The second-order valence-corrected chi connectivity index (χ2v) is 7.12. The van der Waals surface area contributed by atoms with Gasteiger partial charge in [-0.05, 0) is 17.7 Å². The Morgan fingerprint density at radius 3 is 2.46 bits per heavy atom. The number of piperazine rings is 1. The summed E-state index contributed by atoms with van der Waals surface area (Å²) in [7, 11) is 3.56. The molecule has 0 atom stereocenters. The number of carbonyl (C=O) groups is 2. The lowest BCUT2D eigenvalue weighted by Crippen LogP contribution is -2.49. The number of nitrogens with one attached hydrogen (secondary N) is 1. The first-order valence-corrected chi connectivity index (χ1v) is 9.48. The first kappa shape index (κ1) is 19.8. The highest BCUT2D eigenvalue weighted by molar-refractivity contribution is 5.93. The van der Waals surface area contributed by atoms with E-state index in [9.17, 15) is 9.59 Å². The van der Waals surface area contributed by atoms with Gasteiger partial charge in [-0.2, -0.15) is 0 Å². The molecule has 0 bridgehead atoms. The number of nitrogens with zero attached hydrogens (tertiary/aromatic N) is 4. The van der Waals surface area contributed by atoms with Gasteiger partial charge in [0.05, 0.1) is 6.54 Å². The third kappa shape index (κ3) is 5.29. The van der Waals surface area contributed by atoms with Crippen LogP contribution >= 0.6 is 0 Å². The fourth-order valence-corrected chi connectivity index (χ4v) is 3.11. The van der Waals surface area contributed by atoms with Crippen LogP contribution in [-0.4, -0.2) is 73.4 Å². The molecule has 148 valence electrons. The molecule has 2 amide bonds. The summed E-state index contributed by atoms with van der Waals surface area (Å²) in [5.41, 5.74) is 2.45. The number of hydrogen-bond acceptors (Lipinski definition) is 5. The van der Waals surface area contributed by atoms with E-state index in [0.717, 1.165) is 37.4 Å². The van der Waals surface area contributed by atoms with Gasteiger partial charge < -0.3 is 15.1 Å². The van der Waals surface area contributed by atoms with Crippen LogP contribution in [0.2, 0.25) is 0 Å². The molecule has 3 rings (SSSR count). The first-order valence-electron chi connectivity index (χ1n) is 9.48. The summed E-state index contributed by atoms with van der Waals surface area (Å²) >= 11 is 0. The van der Waals surface area contributed by atoms with Crippen LogP contribution in [0.1, 0.15) is 16.1 Å². The molecular weight excluding hydrogens is 354 g/mol. The second kappa shape index (κ2) is 9.32. The van der Waals surface area contributed by atoms with E-state index in [2.05, 4.69) is 20.1 Å². The Morgan fingerprint density at radius 1 is 1.07 bits per heavy atom. The SMILES string of the molecule is CN(C)C(=O)CN1CCN(c2ccnc(C(=O)NCc3ccccc3)c2)CC1. The predicted octanol–water partition coefficient (Wildman–Crippen LogP) is 1.22. The molecule has 7 heteroatoms. The zero-order valence-electron chi connectivity index (χ0n) is 16.5. The molecule has 1 aromatic heterocycles. The van der Waals surface area contributed by atoms with E-state index in [4.69, 9.17) is 0 Å². The van der Waals surface area contributed by atoms with E-state index >= 15 is 0 Å². The predicted molar refractivity (Wildman–Crippen MR) is 109 cm³/mol. The zero-order chi connectivity index (χ0) is 19.9. The Labute approximate surface area is 166 Å². The molecule has 7 nitrogen and oxygen atoms in total. The van der Waals surface area contributed by atoms with Crippen molar-refractivity contribution < 1.29 is 9.59 Å². The molecule has 2 aromatic rings. The van der Waals surface area contributed by atoms with Crippen LogP contribution in [-0.2, 0) is 11.3 Å². The Hall–Kier alpha value is -2.93. The molecule has 1 saturated heterocycles. The maximum atomic E-state index is 12.4. The highest BCUT2D eigenvalue weighted by Crippen LogP contribution is 2.17. The van der Waals surface area contributed by atoms with E-state index in [1.807, 2.05) is 42.5 Å². The summed E-state index contributed by atoms with van der Waals surface area (Å²) in [6, 6.07) is 13.6. The van der Waals surface area contributed by atoms with Crippen LogP contribution in [0.3, 0.4) is 0 Å². The first-order chi connectivity index (χ1) is 13.5. The summed E-state index contributed by atoms with van der Waals surface area (Å²) in [5, 5.41) is 2.91. The van der Waals surface area contributed by atoms with Crippen LogP contribution in [0.25, 0.3) is 0 Å². The summed E-state index contributed by atoms with van der Waals surface area (Å²) in [5.74, 6) is -0.0596. The van der Waals surface area contributed by atoms with Crippen molar-refractivity contribution in [2.75, 3.05) is 51.7 Å². The third-order valence-corrected chi connectivity index (χ3v) is 4.87. The smallest absolute Gasteiger partial charge is 0.270 e. The van der Waals surface area contributed by atoms with Gasteiger partial charge in [-0.1, -0.05) is 30.3 Å². The Bertz CT molecular complexity index is 801. The van der Waals surface area contributed by atoms with Crippen molar-refractivity contribution in [3.63, 3.8) is 0 Å². The average molecular weight is 381 g/mol. The third-order valence-electron chi connectivity index (χ3n) is 4.87. The summed E-state index contributed by atoms with van der Waals surface area (Å²) in [6.45, 7) is 4.19. The normalized spacial score (nSPS) is 14.6. The van der Waals surface area contributed by atoms with Crippen molar-refractivity contribution in [2.45, 2.75) is 6.54 Å². The topological polar surface area (TPSA) is 68.8 Å². The minimum atomic E-state index is -0.180. The van der Waals surface area contributed by atoms with Gasteiger partial charge in [-0.3, -0.25) is 19.5 Å². The average Bonchev–Trinajstić information content (AvgIpc) is 2.73. The fraction of sp³-hybridized carbons (Fsp3) is 0.381. The van der Waals surface area contributed by atoms with Crippen molar-refractivity contribution in [1.82, 2.24) is 20.1 Å². The molecule has 2 heterocycles. The highest BCUT2D eigenvalue weighted by Gasteiger charge is 2.20. The van der Waals surface area contributed by atoms with Crippen molar-refractivity contribution in [2.24, 2.45) is 0 Å². The van der Waals surface area contributed by atoms with Gasteiger partial charge in [-0.15, -0.1) is 0 Å². The molecule has 0 spiro atoms. The van der Waals surface area contributed by atoms with Gasteiger partial charge in [-0.25, -0.2) is 0 Å². The van der Waals surface area contributed by atoms with Gasteiger partial charge >= 0.3 is 0 Å². The maximum Gasteiger partial charge on any atom is 0.270 e. The standard InChI is InChI=1S/C21H27N5O2/c1-24(2)20(27)16-25-10-12-26(13-11-25)18-8-9-22-19(14-18)21(28)23-15-17-6-4-3-5-7-17/h3-9,14H,10-13,15-16H2,1-2H3,(H,23,28). The number of anilines is 1. The number of hydrogen-bond donors (Lipinski definition) is 1. The molecule has 28 heavy (non-hydrogen) atoms. The number of carbonyl (C=O) groups excluding carboxylic acids is 2. The monoisotopic (exact) mass is 381 g/mol. The molecule has 0 unspecified atom stereocenters. The largest absolute Gasteiger partial charge is 0.369 e. The van der Waals surface area contributed by atoms with Crippen LogP contribution in [0.4, 0.5) is 5.69 Å². The Balaban J connectivity index is 1.55. The van der Waals surface area contributed by atoms with Crippen molar-refractivity contribution in [1.29, 1.82) is 0 Å².